The number of halogens is 1. The summed E-state index contributed by atoms with van der Waals surface area (Å²) in [5, 5.41) is 0.831. The Balaban J connectivity index is 2.95. The molecule has 0 spiro atoms. The number of nitrogens with zero attached hydrogens (tertiary/aromatic N) is 2. The van der Waals surface area contributed by atoms with Gasteiger partial charge in [0.2, 0.25) is 0 Å². The van der Waals surface area contributed by atoms with Crippen LogP contribution in [-0.4, -0.2) is 9.13 Å². The van der Waals surface area contributed by atoms with Crippen LogP contribution in [0.2, 0.25) is 0 Å². The van der Waals surface area contributed by atoms with Crippen LogP contribution in [0.5, 0.6) is 0 Å². The third kappa shape index (κ3) is 1.28. The monoisotopic (exact) mass is 302 g/mol. The molecule has 0 unspecified atom stereocenters. The first-order chi connectivity index (χ1) is 6.65. The average molecular weight is 302 g/mol. The van der Waals surface area contributed by atoms with E-state index < -0.39 is 0 Å². The van der Waals surface area contributed by atoms with Crippen molar-refractivity contribution >= 4 is 33.5 Å². The molecule has 2 aromatic rings. The molecule has 0 saturated carbocycles. The van der Waals surface area contributed by atoms with Gasteiger partial charge in [-0.3, -0.25) is 4.79 Å². The molecular weight excluding hydrogens is 291 g/mol. The van der Waals surface area contributed by atoms with Gasteiger partial charge in [-0.15, -0.1) is 0 Å². The maximum atomic E-state index is 11.9. The van der Waals surface area contributed by atoms with Crippen molar-refractivity contribution in [2.24, 2.45) is 7.05 Å². The fourth-order valence-electron chi connectivity index (χ4n) is 1.64. The van der Waals surface area contributed by atoms with Gasteiger partial charge in [-0.2, -0.15) is 0 Å². The van der Waals surface area contributed by atoms with Gasteiger partial charge in [0.25, 0.3) is 5.56 Å². The zero-order valence-corrected chi connectivity index (χ0v) is 10.3. The summed E-state index contributed by atoms with van der Waals surface area (Å²) in [6, 6.07) is 1.99. The fourth-order valence-corrected chi connectivity index (χ4v) is 2.56. The van der Waals surface area contributed by atoms with E-state index in [-0.39, 0.29) is 5.56 Å². The Labute approximate surface area is 95.5 Å². The first-order valence-electron chi connectivity index (χ1n) is 4.49. The molecule has 0 radical (unpaired) electrons. The molecule has 0 N–H and O–H groups in total. The highest BCUT2D eigenvalue weighted by molar-refractivity contribution is 14.1. The molecule has 0 aliphatic heterocycles. The molecule has 2 rings (SSSR count). The highest BCUT2D eigenvalue weighted by atomic mass is 127. The Bertz CT molecular complexity index is 539. The molecule has 0 fully saturated rings. The van der Waals surface area contributed by atoms with E-state index >= 15 is 0 Å². The third-order valence-corrected chi connectivity index (χ3v) is 3.23. The molecular formula is C10H11IN2O. The molecule has 0 bridgehead atoms. The molecule has 14 heavy (non-hydrogen) atoms. The van der Waals surface area contributed by atoms with Crippen LogP contribution in [0.1, 0.15) is 6.92 Å². The van der Waals surface area contributed by atoms with Crippen molar-refractivity contribution < 1.29 is 0 Å². The highest BCUT2D eigenvalue weighted by Gasteiger charge is 2.08. The number of pyridine rings is 1. The Hall–Kier alpha value is -0.780. The average Bonchev–Trinajstić information content (AvgIpc) is 2.44. The summed E-state index contributed by atoms with van der Waals surface area (Å²) in [5.41, 5.74) is 1.11. The molecule has 0 aromatic carbocycles. The van der Waals surface area contributed by atoms with Gasteiger partial charge in [-0.1, -0.05) is 0 Å². The van der Waals surface area contributed by atoms with Crippen LogP contribution in [0.4, 0.5) is 0 Å². The lowest BCUT2D eigenvalue weighted by atomic mass is 10.3. The zero-order valence-electron chi connectivity index (χ0n) is 8.12. The van der Waals surface area contributed by atoms with Gasteiger partial charge in [-0.25, -0.2) is 0 Å². The Kier molecular flexibility index (Phi) is 2.38. The Morgan fingerprint density at radius 3 is 2.86 bits per heavy atom. The zero-order chi connectivity index (χ0) is 10.3. The summed E-state index contributed by atoms with van der Waals surface area (Å²) in [5.74, 6) is 0. The second kappa shape index (κ2) is 3.42. The lowest BCUT2D eigenvalue weighted by molar-refractivity contribution is 0.734. The van der Waals surface area contributed by atoms with Gasteiger partial charge >= 0.3 is 0 Å². The minimum Gasteiger partial charge on any atom is -0.349 e. The van der Waals surface area contributed by atoms with Crippen molar-refractivity contribution in [1.29, 1.82) is 0 Å². The maximum Gasteiger partial charge on any atom is 0.261 e. The standard InChI is InChI=1S/C10H11IN2O/c1-3-13-5-4-8-9(10(13)14)7(11)6-12(8)2/h4-6H,3H2,1-2H3. The van der Waals surface area contributed by atoms with Crippen molar-refractivity contribution in [3.8, 4) is 0 Å². The summed E-state index contributed by atoms with van der Waals surface area (Å²) >= 11 is 2.20. The van der Waals surface area contributed by atoms with E-state index in [2.05, 4.69) is 22.6 Å². The topological polar surface area (TPSA) is 26.9 Å². The van der Waals surface area contributed by atoms with Crippen LogP contribution in [-0.2, 0) is 13.6 Å². The lowest BCUT2D eigenvalue weighted by Crippen LogP contribution is -2.18. The van der Waals surface area contributed by atoms with Gasteiger partial charge in [0.05, 0.1) is 10.9 Å². The normalized spacial score (nSPS) is 11.1. The molecule has 0 aliphatic rings. The minimum atomic E-state index is 0.106. The van der Waals surface area contributed by atoms with Crippen molar-refractivity contribution in [3.05, 3.63) is 32.4 Å². The van der Waals surface area contributed by atoms with E-state index in [1.54, 1.807) is 4.57 Å². The Morgan fingerprint density at radius 2 is 2.21 bits per heavy atom. The molecule has 4 heteroatoms. The quantitative estimate of drug-likeness (QED) is 0.740. The lowest BCUT2D eigenvalue weighted by Gasteiger charge is -2.01. The van der Waals surface area contributed by atoms with Crippen LogP contribution in [0.15, 0.2) is 23.3 Å². The third-order valence-electron chi connectivity index (χ3n) is 2.41. The molecule has 74 valence electrons. The largest absolute Gasteiger partial charge is 0.349 e. The van der Waals surface area contributed by atoms with Gasteiger partial charge in [0, 0.05) is 29.6 Å². The van der Waals surface area contributed by atoms with Gasteiger partial charge in [0.15, 0.2) is 0 Å². The first kappa shape index (κ1) is 9.76. The fraction of sp³-hybridized carbons (Fsp3) is 0.300. The summed E-state index contributed by atoms with van der Waals surface area (Å²) < 4.78 is 4.73. The second-order valence-electron chi connectivity index (χ2n) is 3.26. The van der Waals surface area contributed by atoms with Crippen LogP contribution >= 0.6 is 22.6 Å². The van der Waals surface area contributed by atoms with E-state index in [1.165, 1.54) is 0 Å². The van der Waals surface area contributed by atoms with Crippen molar-refractivity contribution in [2.75, 3.05) is 0 Å². The first-order valence-corrected chi connectivity index (χ1v) is 5.57. The molecule has 3 nitrogen and oxygen atoms in total. The number of hydrogen-bond acceptors (Lipinski definition) is 1. The minimum absolute atomic E-state index is 0.106. The smallest absolute Gasteiger partial charge is 0.261 e. The molecule has 0 aliphatic carbocycles. The predicted octanol–water partition coefficient (Wildman–Crippen LogP) is 1.96. The van der Waals surface area contributed by atoms with E-state index in [0.717, 1.165) is 21.0 Å². The van der Waals surface area contributed by atoms with E-state index in [4.69, 9.17) is 0 Å². The van der Waals surface area contributed by atoms with Crippen molar-refractivity contribution in [3.63, 3.8) is 0 Å². The van der Waals surface area contributed by atoms with Crippen LogP contribution in [0.25, 0.3) is 10.9 Å². The molecule has 2 heterocycles. The van der Waals surface area contributed by atoms with E-state index in [0.29, 0.717) is 0 Å². The molecule has 0 atom stereocenters. The van der Waals surface area contributed by atoms with Gasteiger partial charge in [0.1, 0.15) is 0 Å². The van der Waals surface area contributed by atoms with Crippen LogP contribution in [0.3, 0.4) is 0 Å². The van der Waals surface area contributed by atoms with Gasteiger partial charge in [-0.05, 0) is 35.6 Å². The summed E-state index contributed by atoms with van der Waals surface area (Å²) in [6.45, 7) is 2.70. The molecule has 0 saturated heterocycles. The number of hydrogen-bond donors (Lipinski definition) is 0. The number of fused-ring (bicyclic) bond motifs is 1. The van der Waals surface area contributed by atoms with Crippen molar-refractivity contribution in [2.45, 2.75) is 13.5 Å². The van der Waals surface area contributed by atoms with Crippen molar-refractivity contribution in [1.82, 2.24) is 9.13 Å². The SMILES string of the molecule is CCn1ccc2c(c(I)cn2C)c1=O. The molecule has 0 amide bonds. The number of rotatable bonds is 1. The summed E-state index contributed by atoms with van der Waals surface area (Å²) in [7, 11) is 1.96. The van der Waals surface area contributed by atoms with E-state index in [9.17, 15) is 4.79 Å². The second-order valence-corrected chi connectivity index (χ2v) is 4.42. The van der Waals surface area contributed by atoms with Crippen LogP contribution < -0.4 is 5.56 Å². The summed E-state index contributed by atoms with van der Waals surface area (Å²) in [4.78, 5) is 11.9. The summed E-state index contributed by atoms with van der Waals surface area (Å²) in [6.07, 6.45) is 3.83. The molecule has 2 aromatic heterocycles. The van der Waals surface area contributed by atoms with Crippen LogP contribution in [0, 0.1) is 3.57 Å². The number of aryl methyl sites for hydroxylation is 2. The maximum absolute atomic E-state index is 11.9. The van der Waals surface area contributed by atoms with Gasteiger partial charge < -0.3 is 9.13 Å². The Morgan fingerprint density at radius 1 is 1.50 bits per heavy atom. The number of aromatic nitrogens is 2. The highest BCUT2D eigenvalue weighted by Crippen LogP contribution is 2.18. The predicted molar refractivity (Wildman–Crippen MR) is 65.6 cm³/mol. The van der Waals surface area contributed by atoms with E-state index in [1.807, 2.05) is 37.0 Å².